The predicted molar refractivity (Wildman–Crippen MR) is 74.5 cm³/mol. The lowest BCUT2D eigenvalue weighted by Gasteiger charge is -2.10. The Hall–Kier alpha value is -2.29. The Bertz CT molecular complexity index is 786. The SMILES string of the molecule is Cc1nc2c(Cl)cc(C(F)(F)F)cn2c1C(=O)NCCC(=O)O. The Kier molecular flexibility index (Phi) is 4.51. The fourth-order valence-corrected chi connectivity index (χ4v) is 2.26. The molecule has 0 atom stereocenters. The van der Waals surface area contributed by atoms with E-state index in [0.29, 0.717) is 0 Å². The zero-order valence-corrected chi connectivity index (χ0v) is 12.5. The normalized spacial score (nSPS) is 11.7. The molecule has 23 heavy (non-hydrogen) atoms. The molecule has 0 aliphatic rings. The summed E-state index contributed by atoms with van der Waals surface area (Å²) in [6.07, 6.45) is -4.21. The Morgan fingerprint density at radius 2 is 2.09 bits per heavy atom. The van der Waals surface area contributed by atoms with Crippen molar-refractivity contribution >= 4 is 29.1 Å². The van der Waals surface area contributed by atoms with E-state index in [4.69, 9.17) is 16.7 Å². The Morgan fingerprint density at radius 1 is 1.43 bits per heavy atom. The molecular weight excluding hydrogens is 339 g/mol. The molecule has 2 heterocycles. The third kappa shape index (κ3) is 3.55. The monoisotopic (exact) mass is 349 g/mol. The van der Waals surface area contributed by atoms with Gasteiger partial charge in [-0.25, -0.2) is 4.98 Å². The van der Waals surface area contributed by atoms with Crippen LogP contribution in [0.15, 0.2) is 12.3 Å². The molecule has 0 spiro atoms. The number of rotatable bonds is 4. The number of amides is 1. The molecule has 6 nitrogen and oxygen atoms in total. The highest BCUT2D eigenvalue weighted by atomic mass is 35.5. The molecule has 2 rings (SSSR count). The third-order valence-corrected chi connectivity index (χ3v) is 3.29. The maximum Gasteiger partial charge on any atom is 0.417 e. The zero-order valence-electron chi connectivity index (χ0n) is 11.7. The van der Waals surface area contributed by atoms with Gasteiger partial charge in [0.2, 0.25) is 0 Å². The number of alkyl halides is 3. The number of nitrogens with zero attached hydrogens (tertiary/aromatic N) is 2. The lowest BCUT2D eigenvalue weighted by Crippen LogP contribution is -2.27. The molecule has 0 fully saturated rings. The maximum absolute atomic E-state index is 12.9. The summed E-state index contributed by atoms with van der Waals surface area (Å²) in [5.41, 5.74) is -0.954. The van der Waals surface area contributed by atoms with Crippen LogP contribution in [-0.2, 0) is 11.0 Å². The van der Waals surface area contributed by atoms with E-state index in [0.717, 1.165) is 16.7 Å². The highest BCUT2D eigenvalue weighted by Crippen LogP contribution is 2.33. The van der Waals surface area contributed by atoms with Gasteiger partial charge in [-0.05, 0) is 13.0 Å². The molecule has 2 N–H and O–H groups in total. The van der Waals surface area contributed by atoms with Crippen LogP contribution in [0, 0.1) is 6.92 Å². The van der Waals surface area contributed by atoms with E-state index in [2.05, 4.69) is 10.3 Å². The second kappa shape index (κ2) is 6.07. The van der Waals surface area contributed by atoms with Crippen LogP contribution in [0.5, 0.6) is 0 Å². The first-order valence-electron chi connectivity index (χ1n) is 6.36. The molecule has 0 unspecified atom stereocenters. The summed E-state index contributed by atoms with van der Waals surface area (Å²) in [5.74, 6) is -1.84. The second-order valence-electron chi connectivity index (χ2n) is 4.71. The van der Waals surface area contributed by atoms with Gasteiger partial charge >= 0.3 is 12.1 Å². The Balaban J connectivity index is 2.47. The van der Waals surface area contributed by atoms with Crippen molar-refractivity contribution < 1.29 is 27.9 Å². The minimum atomic E-state index is -4.63. The molecule has 0 saturated heterocycles. The van der Waals surface area contributed by atoms with E-state index in [-0.39, 0.29) is 35.0 Å². The zero-order chi connectivity index (χ0) is 17.4. The molecule has 10 heteroatoms. The van der Waals surface area contributed by atoms with Gasteiger partial charge in [0.25, 0.3) is 5.91 Å². The molecule has 0 aromatic carbocycles. The van der Waals surface area contributed by atoms with Gasteiger partial charge in [0.15, 0.2) is 5.65 Å². The van der Waals surface area contributed by atoms with Crippen molar-refractivity contribution in [2.75, 3.05) is 6.54 Å². The summed E-state index contributed by atoms with van der Waals surface area (Å²) >= 11 is 5.81. The van der Waals surface area contributed by atoms with Gasteiger partial charge in [-0.3, -0.25) is 14.0 Å². The van der Waals surface area contributed by atoms with Gasteiger partial charge in [0.1, 0.15) is 5.69 Å². The van der Waals surface area contributed by atoms with Crippen molar-refractivity contribution in [3.8, 4) is 0 Å². The summed E-state index contributed by atoms with van der Waals surface area (Å²) in [7, 11) is 0. The Morgan fingerprint density at radius 3 is 2.65 bits per heavy atom. The number of pyridine rings is 1. The fraction of sp³-hybridized carbons (Fsp3) is 0.308. The number of hydrogen-bond donors (Lipinski definition) is 2. The van der Waals surface area contributed by atoms with Crippen LogP contribution in [0.4, 0.5) is 13.2 Å². The summed E-state index contributed by atoms with van der Waals surface area (Å²) in [4.78, 5) is 26.5. The van der Waals surface area contributed by atoms with Crippen molar-refractivity contribution in [1.29, 1.82) is 0 Å². The predicted octanol–water partition coefficient (Wildman–Crippen LogP) is 2.52. The highest BCUT2D eigenvalue weighted by molar-refractivity contribution is 6.33. The van der Waals surface area contributed by atoms with E-state index in [1.807, 2.05) is 0 Å². The number of carboxylic acids is 1. The first kappa shape index (κ1) is 17.1. The molecule has 0 aliphatic carbocycles. The lowest BCUT2D eigenvalue weighted by atomic mass is 10.2. The van der Waals surface area contributed by atoms with Gasteiger partial charge in [-0.2, -0.15) is 13.2 Å². The van der Waals surface area contributed by atoms with E-state index in [1.165, 1.54) is 6.92 Å². The third-order valence-electron chi connectivity index (χ3n) is 3.02. The second-order valence-corrected chi connectivity index (χ2v) is 5.12. The molecule has 124 valence electrons. The van der Waals surface area contributed by atoms with Crippen LogP contribution in [0.1, 0.15) is 28.2 Å². The Labute approximate surface area is 132 Å². The molecule has 1 amide bonds. The van der Waals surface area contributed by atoms with Crippen molar-refractivity contribution in [3.05, 3.63) is 34.2 Å². The number of aliphatic carboxylic acids is 1. The van der Waals surface area contributed by atoms with Gasteiger partial charge in [0, 0.05) is 12.7 Å². The van der Waals surface area contributed by atoms with Crippen molar-refractivity contribution in [1.82, 2.24) is 14.7 Å². The average molecular weight is 350 g/mol. The van der Waals surface area contributed by atoms with E-state index < -0.39 is 23.6 Å². The summed E-state index contributed by atoms with van der Waals surface area (Å²) in [5, 5.41) is 10.6. The van der Waals surface area contributed by atoms with Crippen molar-refractivity contribution in [2.45, 2.75) is 19.5 Å². The molecule has 0 saturated carbocycles. The number of carbonyl (C=O) groups is 2. The van der Waals surface area contributed by atoms with Crippen molar-refractivity contribution in [2.24, 2.45) is 0 Å². The standard InChI is InChI=1S/C13H11ClF3N3O3/c1-6-10(12(23)18-3-2-9(21)22)20-5-7(13(15,16)17)4-8(14)11(20)19-6/h4-5H,2-3H2,1H3,(H,18,23)(H,21,22). The van der Waals surface area contributed by atoms with Gasteiger partial charge in [-0.1, -0.05) is 11.6 Å². The number of hydrogen-bond acceptors (Lipinski definition) is 3. The lowest BCUT2D eigenvalue weighted by molar-refractivity contribution is -0.138. The molecule has 2 aromatic heterocycles. The largest absolute Gasteiger partial charge is 0.481 e. The first-order chi connectivity index (χ1) is 10.6. The minimum Gasteiger partial charge on any atom is -0.481 e. The fourth-order valence-electron chi connectivity index (χ4n) is 2.01. The van der Waals surface area contributed by atoms with Gasteiger partial charge in [0.05, 0.1) is 22.7 Å². The first-order valence-corrected chi connectivity index (χ1v) is 6.74. The molecule has 0 bridgehead atoms. The van der Waals surface area contributed by atoms with Gasteiger partial charge < -0.3 is 10.4 Å². The number of imidazole rings is 1. The van der Waals surface area contributed by atoms with Crippen LogP contribution in [0.2, 0.25) is 5.02 Å². The van der Waals surface area contributed by atoms with Crippen LogP contribution >= 0.6 is 11.6 Å². The van der Waals surface area contributed by atoms with Gasteiger partial charge in [-0.15, -0.1) is 0 Å². The van der Waals surface area contributed by atoms with Crippen LogP contribution in [0.3, 0.4) is 0 Å². The molecule has 0 aliphatic heterocycles. The highest BCUT2D eigenvalue weighted by Gasteiger charge is 2.32. The smallest absolute Gasteiger partial charge is 0.417 e. The van der Waals surface area contributed by atoms with Crippen LogP contribution in [0.25, 0.3) is 5.65 Å². The van der Waals surface area contributed by atoms with E-state index in [1.54, 1.807) is 0 Å². The summed E-state index contributed by atoms with van der Waals surface area (Å²) in [6.45, 7) is 1.29. The number of nitrogens with one attached hydrogen (secondary N) is 1. The van der Waals surface area contributed by atoms with E-state index >= 15 is 0 Å². The number of fused-ring (bicyclic) bond motifs is 1. The number of carboxylic acid groups (broad SMARTS) is 1. The number of aromatic nitrogens is 2. The van der Waals surface area contributed by atoms with Crippen LogP contribution < -0.4 is 5.32 Å². The number of carbonyl (C=O) groups excluding carboxylic acids is 1. The minimum absolute atomic E-state index is 0.0144. The molecule has 0 radical (unpaired) electrons. The number of halogens is 4. The molecular formula is C13H11ClF3N3O3. The maximum atomic E-state index is 12.9. The van der Waals surface area contributed by atoms with Crippen LogP contribution in [-0.4, -0.2) is 32.9 Å². The quantitative estimate of drug-likeness (QED) is 0.888. The summed E-state index contributed by atoms with van der Waals surface area (Å²) in [6, 6.07) is 0.732. The topological polar surface area (TPSA) is 83.7 Å². The van der Waals surface area contributed by atoms with Crippen molar-refractivity contribution in [3.63, 3.8) is 0 Å². The van der Waals surface area contributed by atoms with E-state index in [9.17, 15) is 22.8 Å². The number of aryl methyl sites for hydroxylation is 1. The average Bonchev–Trinajstić information content (AvgIpc) is 2.74. The molecule has 2 aromatic rings. The summed E-state index contributed by atoms with van der Waals surface area (Å²) < 4.78 is 39.6.